The summed E-state index contributed by atoms with van der Waals surface area (Å²) < 4.78 is 10.7. The average Bonchev–Trinajstić information content (AvgIpc) is 2.55. The van der Waals surface area contributed by atoms with E-state index >= 15 is 0 Å². The lowest BCUT2D eigenvalue weighted by Gasteiger charge is -2.12. The van der Waals surface area contributed by atoms with E-state index in [9.17, 15) is 4.79 Å². The second-order valence-electron chi connectivity index (χ2n) is 5.52. The first-order valence-corrected chi connectivity index (χ1v) is 7.45. The molecule has 0 saturated heterocycles. The third-order valence-electron chi connectivity index (χ3n) is 3.43. The summed E-state index contributed by atoms with van der Waals surface area (Å²) in [6.07, 6.45) is 0. The summed E-state index contributed by atoms with van der Waals surface area (Å²) in [5.41, 5.74) is 7.99. The highest BCUT2D eigenvalue weighted by Gasteiger charge is 2.08. The topological polar surface area (TPSA) is 73.6 Å². The Balaban J connectivity index is 0.00000288. The van der Waals surface area contributed by atoms with E-state index in [4.69, 9.17) is 15.2 Å². The van der Waals surface area contributed by atoms with Gasteiger partial charge in [-0.2, -0.15) is 0 Å². The van der Waals surface area contributed by atoms with E-state index in [2.05, 4.69) is 19.2 Å². The number of carbonyl (C=O) groups is 1. The Morgan fingerprint density at radius 1 is 1.17 bits per heavy atom. The molecule has 0 spiro atoms. The summed E-state index contributed by atoms with van der Waals surface area (Å²) in [5.74, 6) is 1.42. The number of benzene rings is 2. The first kappa shape index (κ1) is 19.6. The molecule has 3 N–H and O–H groups in total. The predicted octanol–water partition coefficient (Wildman–Crippen LogP) is 3.84. The van der Waals surface area contributed by atoms with Crippen molar-refractivity contribution >= 4 is 29.7 Å². The first-order valence-electron chi connectivity index (χ1n) is 7.45. The van der Waals surface area contributed by atoms with E-state index in [0.717, 1.165) is 0 Å². The molecule has 0 unspecified atom stereocenters. The van der Waals surface area contributed by atoms with Crippen LogP contribution in [0.2, 0.25) is 0 Å². The molecule has 0 saturated carbocycles. The highest BCUT2D eigenvalue weighted by molar-refractivity contribution is 5.95. The molecule has 0 aliphatic rings. The van der Waals surface area contributed by atoms with E-state index in [1.165, 1.54) is 5.56 Å². The molecule has 24 heavy (non-hydrogen) atoms. The van der Waals surface area contributed by atoms with Crippen molar-refractivity contribution < 1.29 is 14.3 Å². The van der Waals surface area contributed by atoms with Crippen molar-refractivity contribution in [1.29, 1.82) is 0 Å². The van der Waals surface area contributed by atoms with E-state index in [0.29, 0.717) is 28.8 Å². The molecule has 0 heterocycles. The zero-order valence-corrected chi connectivity index (χ0v) is 14.9. The number of halogens is 1. The van der Waals surface area contributed by atoms with Gasteiger partial charge in [-0.3, -0.25) is 4.79 Å². The summed E-state index contributed by atoms with van der Waals surface area (Å²) in [6, 6.07) is 12.8. The van der Waals surface area contributed by atoms with Crippen LogP contribution in [0.25, 0.3) is 0 Å². The van der Waals surface area contributed by atoms with E-state index in [1.807, 2.05) is 24.3 Å². The Labute approximate surface area is 148 Å². The second-order valence-corrected chi connectivity index (χ2v) is 5.52. The maximum absolute atomic E-state index is 12.0. The Morgan fingerprint density at radius 3 is 2.58 bits per heavy atom. The number of hydrogen-bond acceptors (Lipinski definition) is 4. The number of methoxy groups -OCH3 is 1. The molecule has 0 fully saturated rings. The molecule has 0 atom stereocenters. The third-order valence-corrected chi connectivity index (χ3v) is 3.43. The Kier molecular flexibility index (Phi) is 7.39. The van der Waals surface area contributed by atoms with Crippen LogP contribution in [0.4, 0.5) is 11.4 Å². The number of rotatable bonds is 6. The Hall–Kier alpha value is -2.40. The van der Waals surface area contributed by atoms with Gasteiger partial charge in [0.15, 0.2) is 6.61 Å². The van der Waals surface area contributed by atoms with Gasteiger partial charge in [-0.1, -0.05) is 26.0 Å². The predicted molar refractivity (Wildman–Crippen MR) is 99.3 cm³/mol. The normalized spacial score (nSPS) is 10.0. The van der Waals surface area contributed by atoms with Gasteiger partial charge in [0.2, 0.25) is 0 Å². The quantitative estimate of drug-likeness (QED) is 0.776. The lowest BCUT2D eigenvalue weighted by atomic mass is 10.0. The number of hydrogen-bond donors (Lipinski definition) is 2. The molecule has 1 amide bonds. The van der Waals surface area contributed by atoms with Gasteiger partial charge in [0.25, 0.3) is 5.91 Å². The van der Waals surface area contributed by atoms with Gasteiger partial charge in [-0.15, -0.1) is 12.4 Å². The summed E-state index contributed by atoms with van der Waals surface area (Å²) in [7, 11) is 1.56. The maximum Gasteiger partial charge on any atom is 0.262 e. The fourth-order valence-corrected chi connectivity index (χ4v) is 2.07. The van der Waals surface area contributed by atoms with Crippen LogP contribution >= 0.6 is 12.4 Å². The molecule has 0 aromatic heterocycles. The Morgan fingerprint density at radius 2 is 1.92 bits per heavy atom. The SMILES string of the molecule is COc1ccc(N)c(NC(=O)COc2cccc(C(C)C)c2)c1.Cl. The van der Waals surface area contributed by atoms with Crippen LogP contribution in [-0.2, 0) is 4.79 Å². The summed E-state index contributed by atoms with van der Waals surface area (Å²) in [5, 5.41) is 2.72. The molecule has 6 heteroatoms. The minimum absolute atomic E-state index is 0. The third kappa shape index (κ3) is 5.35. The Bertz CT molecular complexity index is 690. The number of carbonyl (C=O) groups excluding carboxylic acids is 1. The van der Waals surface area contributed by atoms with Crippen molar-refractivity contribution in [2.24, 2.45) is 0 Å². The number of amides is 1. The number of ether oxygens (including phenoxy) is 2. The fraction of sp³-hybridized carbons (Fsp3) is 0.278. The van der Waals surface area contributed by atoms with E-state index in [-0.39, 0.29) is 24.9 Å². The van der Waals surface area contributed by atoms with Crippen LogP contribution < -0.4 is 20.5 Å². The lowest BCUT2D eigenvalue weighted by Crippen LogP contribution is -2.20. The smallest absolute Gasteiger partial charge is 0.262 e. The molecular formula is C18H23ClN2O3. The average molecular weight is 351 g/mol. The molecule has 2 aromatic carbocycles. The van der Waals surface area contributed by atoms with Gasteiger partial charge in [-0.25, -0.2) is 0 Å². The molecule has 2 rings (SSSR count). The highest BCUT2D eigenvalue weighted by atomic mass is 35.5. The van der Waals surface area contributed by atoms with Crippen molar-refractivity contribution in [3.8, 4) is 11.5 Å². The van der Waals surface area contributed by atoms with Gasteiger partial charge >= 0.3 is 0 Å². The fourth-order valence-electron chi connectivity index (χ4n) is 2.07. The van der Waals surface area contributed by atoms with Crippen LogP contribution in [0.5, 0.6) is 11.5 Å². The summed E-state index contributed by atoms with van der Waals surface area (Å²) in [4.78, 5) is 12.0. The van der Waals surface area contributed by atoms with Gasteiger partial charge in [-0.05, 0) is 35.7 Å². The first-order chi connectivity index (χ1) is 11.0. The largest absolute Gasteiger partial charge is 0.497 e. The van der Waals surface area contributed by atoms with Gasteiger partial charge in [0.05, 0.1) is 18.5 Å². The van der Waals surface area contributed by atoms with Gasteiger partial charge in [0.1, 0.15) is 11.5 Å². The molecule has 0 radical (unpaired) electrons. The molecule has 0 aliphatic heterocycles. The van der Waals surface area contributed by atoms with Crippen LogP contribution in [0.3, 0.4) is 0 Å². The minimum atomic E-state index is -0.278. The van der Waals surface area contributed by atoms with E-state index < -0.39 is 0 Å². The summed E-state index contributed by atoms with van der Waals surface area (Å²) >= 11 is 0. The van der Waals surface area contributed by atoms with Crippen LogP contribution in [-0.4, -0.2) is 19.6 Å². The maximum atomic E-state index is 12.0. The van der Waals surface area contributed by atoms with Gasteiger partial charge < -0.3 is 20.5 Å². The van der Waals surface area contributed by atoms with Crippen LogP contribution in [0, 0.1) is 0 Å². The summed E-state index contributed by atoms with van der Waals surface area (Å²) in [6.45, 7) is 4.13. The van der Waals surface area contributed by atoms with Crippen LogP contribution in [0.15, 0.2) is 42.5 Å². The standard InChI is InChI=1S/C18H22N2O3.ClH/c1-12(2)13-5-4-6-15(9-13)23-11-18(21)20-17-10-14(22-3)7-8-16(17)19;/h4-10,12H,11,19H2,1-3H3,(H,20,21);1H. The van der Waals surface area contributed by atoms with Gasteiger partial charge in [0, 0.05) is 6.07 Å². The van der Waals surface area contributed by atoms with Crippen LogP contribution in [0.1, 0.15) is 25.3 Å². The minimum Gasteiger partial charge on any atom is -0.497 e. The van der Waals surface area contributed by atoms with Crippen molar-refractivity contribution in [3.63, 3.8) is 0 Å². The van der Waals surface area contributed by atoms with Crippen molar-refractivity contribution in [2.45, 2.75) is 19.8 Å². The zero-order chi connectivity index (χ0) is 16.8. The molecule has 130 valence electrons. The lowest BCUT2D eigenvalue weighted by molar-refractivity contribution is -0.118. The molecule has 0 bridgehead atoms. The second kappa shape index (κ2) is 9.03. The monoisotopic (exact) mass is 350 g/mol. The number of nitrogen functional groups attached to an aromatic ring is 1. The molecular weight excluding hydrogens is 328 g/mol. The zero-order valence-electron chi connectivity index (χ0n) is 14.0. The van der Waals surface area contributed by atoms with Crippen molar-refractivity contribution in [2.75, 3.05) is 24.8 Å². The number of nitrogens with one attached hydrogen (secondary N) is 1. The number of anilines is 2. The van der Waals surface area contributed by atoms with Crippen molar-refractivity contribution in [1.82, 2.24) is 0 Å². The highest BCUT2D eigenvalue weighted by Crippen LogP contribution is 2.24. The van der Waals surface area contributed by atoms with Crippen molar-refractivity contribution in [3.05, 3.63) is 48.0 Å². The molecule has 5 nitrogen and oxygen atoms in total. The van der Waals surface area contributed by atoms with E-state index in [1.54, 1.807) is 25.3 Å². The number of nitrogens with two attached hydrogens (primary N) is 1. The molecule has 0 aliphatic carbocycles. The molecule has 2 aromatic rings.